The Morgan fingerprint density at radius 2 is 1.96 bits per heavy atom. The predicted molar refractivity (Wildman–Crippen MR) is 95.3 cm³/mol. The van der Waals surface area contributed by atoms with Gasteiger partial charge in [0.05, 0.1) is 0 Å². The average Bonchev–Trinajstić information content (AvgIpc) is 2.80. The minimum atomic E-state index is -0.902. The summed E-state index contributed by atoms with van der Waals surface area (Å²) < 4.78 is 5.89. The Bertz CT molecular complexity index is 626. The van der Waals surface area contributed by atoms with Crippen molar-refractivity contribution in [2.45, 2.75) is 44.1 Å². The van der Waals surface area contributed by atoms with Gasteiger partial charge in [-0.25, -0.2) is 4.99 Å². The first-order chi connectivity index (χ1) is 11.5. The van der Waals surface area contributed by atoms with E-state index in [-0.39, 0.29) is 18.5 Å². The standard InChI is InChI=1S/C18H24ClN3O2/c1-22-16(23)18(21-17(22)20,11-13-5-3-2-4-6-13)12-24-15-9-7-14(19)8-10-15/h7-10,13H,2-6,11-12H2,1H3,(H2,20,21). The fourth-order valence-corrected chi connectivity index (χ4v) is 3.77. The first-order valence-corrected chi connectivity index (χ1v) is 8.90. The van der Waals surface area contributed by atoms with Crippen molar-refractivity contribution in [3.8, 4) is 5.75 Å². The summed E-state index contributed by atoms with van der Waals surface area (Å²) in [6.07, 6.45) is 6.72. The van der Waals surface area contributed by atoms with Crippen molar-refractivity contribution < 1.29 is 9.53 Å². The summed E-state index contributed by atoms with van der Waals surface area (Å²) in [7, 11) is 1.67. The van der Waals surface area contributed by atoms with Crippen molar-refractivity contribution in [3.05, 3.63) is 29.3 Å². The number of carbonyl (C=O) groups is 1. The second-order valence-corrected chi connectivity index (χ2v) is 7.25. The van der Waals surface area contributed by atoms with Gasteiger partial charge in [-0.2, -0.15) is 0 Å². The second kappa shape index (κ2) is 7.01. The van der Waals surface area contributed by atoms with Crippen molar-refractivity contribution in [1.82, 2.24) is 4.90 Å². The molecule has 24 heavy (non-hydrogen) atoms. The Hall–Kier alpha value is -1.75. The number of halogens is 1. The summed E-state index contributed by atoms with van der Waals surface area (Å²) in [6.45, 7) is 0.203. The Balaban J connectivity index is 1.77. The summed E-state index contributed by atoms with van der Waals surface area (Å²) in [5.41, 5.74) is 5.02. The highest BCUT2D eigenvalue weighted by Crippen LogP contribution is 2.36. The molecule has 130 valence electrons. The average molecular weight is 350 g/mol. The van der Waals surface area contributed by atoms with E-state index in [2.05, 4.69) is 4.99 Å². The minimum absolute atomic E-state index is 0.0699. The molecular formula is C18H24ClN3O2. The van der Waals surface area contributed by atoms with Crippen molar-refractivity contribution in [2.24, 2.45) is 16.6 Å². The van der Waals surface area contributed by atoms with E-state index in [0.29, 0.717) is 23.1 Å². The van der Waals surface area contributed by atoms with Crippen LogP contribution < -0.4 is 10.5 Å². The number of rotatable bonds is 5. The number of nitrogens with two attached hydrogens (primary N) is 1. The molecule has 0 saturated heterocycles. The molecule has 1 fully saturated rings. The maximum atomic E-state index is 12.8. The topological polar surface area (TPSA) is 67.9 Å². The van der Waals surface area contributed by atoms with Crippen LogP contribution in [0.25, 0.3) is 0 Å². The van der Waals surface area contributed by atoms with E-state index < -0.39 is 5.54 Å². The third-order valence-corrected chi connectivity index (χ3v) is 5.27. The van der Waals surface area contributed by atoms with E-state index in [9.17, 15) is 4.79 Å². The molecular weight excluding hydrogens is 326 g/mol. The lowest BCUT2D eigenvalue weighted by Crippen LogP contribution is -2.47. The molecule has 1 aliphatic carbocycles. The highest BCUT2D eigenvalue weighted by atomic mass is 35.5. The molecule has 1 atom stereocenters. The zero-order valence-corrected chi connectivity index (χ0v) is 14.8. The van der Waals surface area contributed by atoms with Gasteiger partial charge in [-0.3, -0.25) is 9.69 Å². The van der Waals surface area contributed by atoms with Gasteiger partial charge in [-0.15, -0.1) is 0 Å². The number of nitrogens with zero attached hydrogens (tertiary/aromatic N) is 2. The van der Waals surface area contributed by atoms with E-state index in [1.165, 1.54) is 24.2 Å². The van der Waals surface area contributed by atoms with Gasteiger partial charge in [0.2, 0.25) is 0 Å². The van der Waals surface area contributed by atoms with Crippen LogP contribution in [0.1, 0.15) is 38.5 Å². The highest BCUT2D eigenvalue weighted by molar-refractivity contribution is 6.30. The number of ether oxygens (including phenoxy) is 1. The first kappa shape index (κ1) is 17.1. The molecule has 1 unspecified atom stereocenters. The van der Waals surface area contributed by atoms with Crippen LogP contribution in [0.15, 0.2) is 29.3 Å². The van der Waals surface area contributed by atoms with Gasteiger partial charge in [0.15, 0.2) is 11.5 Å². The molecule has 5 nitrogen and oxygen atoms in total. The number of amides is 1. The molecule has 3 rings (SSSR count). The third kappa shape index (κ3) is 3.51. The van der Waals surface area contributed by atoms with Gasteiger partial charge in [-0.05, 0) is 36.6 Å². The van der Waals surface area contributed by atoms with Gasteiger partial charge in [0, 0.05) is 12.1 Å². The van der Waals surface area contributed by atoms with E-state index in [0.717, 1.165) is 12.8 Å². The summed E-state index contributed by atoms with van der Waals surface area (Å²) >= 11 is 5.90. The Morgan fingerprint density at radius 3 is 2.54 bits per heavy atom. The molecule has 1 aromatic rings. The fraction of sp³-hybridized carbons (Fsp3) is 0.556. The first-order valence-electron chi connectivity index (χ1n) is 8.52. The molecule has 1 aliphatic heterocycles. The molecule has 1 amide bonds. The van der Waals surface area contributed by atoms with E-state index in [1.807, 2.05) is 0 Å². The van der Waals surface area contributed by atoms with Gasteiger partial charge in [0.1, 0.15) is 12.4 Å². The second-order valence-electron chi connectivity index (χ2n) is 6.82. The monoisotopic (exact) mass is 349 g/mol. The van der Waals surface area contributed by atoms with Crippen LogP contribution in [0.2, 0.25) is 5.02 Å². The molecule has 1 saturated carbocycles. The predicted octanol–water partition coefficient (Wildman–Crippen LogP) is 3.21. The Morgan fingerprint density at radius 1 is 1.29 bits per heavy atom. The zero-order chi connectivity index (χ0) is 17.2. The molecule has 0 spiro atoms. The van der Waals surface area contributed by atoms with Crippen LogP contribution in [-0.4, -0.2) is 36.0 Å². The maximum Gasteiger partial charge on any atom is 0.260 e. The lowest BCUT2D eigenvalue weighted by atomic mass is 9.79. The number of benzene rings is 1. The molecule has 0 bridgehead atoms. The van der Waals surface area contributed by atoms with Gasteiger partial charge in [0.25, 0.3) is 5.91 Å². The summed E-state index contributed by atoms with van der Waals surface area (Å²) in [5.74, 6) is 1.38. The molecule has 6 heteroatoms. The highest BCUT2D eigenvalue weighted by Gasteiger charge is 2.48. The molecule has 2 N–H and O–H groups in total. The van der Waals surface area contributed by atoms with Crippen LogP contribution in [0, 0.1) is 5.92 Å². The van der Waals surface area contributed by atoms with Crippen LogP contribution >= 0.6 is 11.6 Å². The van der Waals surface area contributed by atoms with Crippen LogP contribution in [-0.2, 0) is 4.79 Å². The van der Waals surface area contributed by atoms with E-state index in [1.54, 1.807) is 31.3 Å². The quantitative estimate of drug-likeness (QED) is 0.887. The van der Waals surface area contributed by atoms with Crippen LogP contribution in [0.5, 0.6) is 5.75 Å². The normalized spacial score (nSPS) is 25.0. The number of aliphatic imine (C=N–C) groups is 1. The Kier molecular flexibility index (Phi) is 4.99. The molecule has 1 heterocycles. The van der Waals surface area contributed by atoms with Gasteiger partial charge < -0.3 is 10.5 Å². The largest absolute Gasteiger partial charge is 0.490 e. The minimum Gasteiger partial charge on any atom is -0.490 e. The van der Waals surface area contributed by atoms with E-state index >= 15 is 0 Å². The lowest BCUT2D eigenvalue weighted by Gasteiger charge is -2.31. The van der Waals surface area contributed by atoms with Crippen molar-refractivity contribution in [3.63, 3.8) is 0 Å². The number of guanidine groups is 1. The van der Waals surface area contributed by atoms with Gasteiger partial charge in [-0.1, -0.05) is 43.7 Å². The van der Waals surface area contributed by atoms with Crippen LogP contribution in [0.4, 0.5) is 0 Å². The summed E-state index contributed by atoms with van der Waals surface area (Å²) in [4.78, 5) is 18.8. The van der Waals surface area contributed by atoms with Crippen molar-refractivity contribution >= 4 is 23.5 Å². The maximum absolute atomic E-state index is 12.8. The fourth-order valence-electron chi connectivity index (χ4n) is 3.65. The van der Waals surface area contributed by atoms with Crippen molar-refractivity contribution in [2.75, 3.05) is 13.7 Å². The SMILES string of the molecule is CN1C(=O)C(COc2ccc(Cl)cc2)(CC2CCCCC2)N=C1N. The number of carbonyl (C=O) groups excluding carboxylic acids is 1. The zero-order valence-electron chi connectivity index (χ0n) is 14.0. The number of hydrogen-bond donors (Lipinski definition) is 1. The smallest absolute Gasteiger partial charge is 0.260 e. The lowest BCUT2D eigenvalue weighted by molar-refractivity contribution is -0.132. The third-order valence-electron chi connectivity index (χ3n) is 5.02. The molecule has 1 aromatic carbocycles. The van der Waals surface area contributed by atoms with E-state index in [4.69, 9.17) is 22.1 Å². The molecule has 2 aliphatic rings. The van der Waals surface area contributed by atoms with Crippen LogP contribution in [0.3, 0.4) is 0 Å². The number of likely N-dealkylation sites (N-methyl/N-ethyl adjacent to an activating group) is 1. The summed E-state index contributed by atoms with van der Waals surface area (Å²) in [6, 6.07) is 7.13. The number of hydrogen-bond acceptors (Lipinski definition) is 4. The Labute approximate surface area is 147 Å². The molecule has 0 radical (unpaired) electrons. The molecule has 0 aromatic heterocycles. The summed E-state index contributed by atoms with van der Waals surface area (Å²) in [5, 5.41) is 0.651. The van der Waals surface area contributed by atoms with Crippen molar-refractivity contribution in [1.29, 1.82) is 0 Å². The van der Waals surface area contributed by atoms with Gasteiger partial charge >= 0.3 is 0 Å².